The molecule has 0 radical (unpaired) electrons. The van der Waals surface area contributed by atoms with Crippen LogP contribution in [-0.2, 0) is 17.0 Å². The highest BCUT2D eigenvalue weighted by Crippen LogP contribution is 2.15. The molecule has 0 saturated carbocycles. The molecule has 1 atom stereocenters. The maximum absolute atomic E-state index is 12.0. The molecule has 0 spiro atoms. The van der Waals surface area contributed by atoms with E-state index in [0.29, 0.717) is 12.2 Å². The van der Waals surface area contributed by atoms with Gasteiger partial charge >= 0.3 is 0 Å². The number of carbonyl (C=O) groups is 1. The zero-order valence-corrected chi connectivity index (χ0v) is 11.5. The predicted molar refractivity (Wildman–Crippen MR) is 80.9 cm³/mol. The van der Waals surface area contributed by atoms with Crippen molar-refractivity contribution in [3.63, 3.8) is 0 Å². The number of carbonyl (C=O) groups excluding carboxylic acids is 1. The van der Waals surface area contributed by atoms with Crippen molar-refractivity contribution in [3.8, 4) is 0 Å². The van der Waals surface area contributed by atoms with Crippen LogP contribution in [0.1, 0.15) is 11.1 Å². The van der Waals surface area contributed by atoms with E-state index < -0.39 is 6.04 Å². The number of nitrogens with two attached hydrogens (primary N) is 1. The lowest BCUT2D eigenvalue weighted by Gasteiger charge is -2.10. The van der Waals surface area contributed by atoms with Gasteiger partial charge < -0.3 is 5.73 Å². The molecule has 2 aromatic rings. The molecule has 0 fully saturated rings. The fraction of sp³-hybridized carbons (Fsp3) is 0.188. The molecular weight excluding hydrogens is 254 g/mol. The monoisotopic (exact) mass is 271 g/mol. The van der Waals surface area contributed by atoms with Crippen LogP contribution in [-0.4, -0.2) is 11.2 Å². The topological polar surface area (TPSA) is 43.1 Å². The number of hydrogen-bond acceptors (Lipinski definition) is 3. The second kappa shape index (κ2) is 7.12. The summed E-state index contributed by atoms with van der Waals surface area (Å²) in [5.74, 6) is 0.683. The molecule has 0 aliphatic heterocycles. The van der Waals surface area contributed by atoms with Gasteiger partial charge in [-0.3, -0.25) is 4.79 Å². The lowest BCUT2D eigenvalue weighted by molar-refractivity contribution is -0.112. The largest absolute Gasteiger partial charge is 0.320 e. The van der Waals surface area contributed by atoms with Crippen molar-refractivity contribution in [2.45, 2.75) is 18.2 Å². The van der Waals surface area contributed by atoms with E-state index in [1.807, 2.05) is 60.7 Å². The Hall–Kier alpha value is -1.58. The van der Waals surface area contributed by atoms with E-state index in [1.54, 1.807) is 0 Å². The number of thioether (sulfide) groups is 1. The standard InChI is InChI=1S/C16H17NOS/c17-15(11-13-7-3-1-4-8-13)16(18)19-12-14-9-5-2-6-10-14/h1-10,15H,11-12,17H2. The highest BCUT2D eigenvalue weighted by Gasteiger charge is 2.14. The second-order valence-corrected chi connectivity index (χ2v) is 5.37. The molecule has 0 heterocycles. The van der Waals surface area contributed by atoms with Gasteiger partial charge in [0.25, 0.3) is 0 Å². The molecule has 2 aromatic carbocycles. The van der Waals surface area contributed by atoms with E-state index in [4.69, 9.17) is 5.73 Å². The van der Waals surface area contributed by atoms with Crippen LogP contribution in [0.15, 0.2) is 60.7 Å². The predicted octanol–water partition coefficient (Wildman–Crippen LogP) is 3.02. The van der Waals surface area contributed by atoms with Gasteiger partial charge in [0, 0.05) is 5.75 Å². The molecule has 0 saturated heterocycles. The third-order valence-corrected chi connectivity index (χ3v) is 3.89. The van der Waals surface area contributed by atoms with Crippen LogP contribution in [0, 0.1) is 0 Å². The maximum Gasteiger partial charge on any atom is 0.206 e. The van der Waals surface area contributed by atoms with Crippen molar-refractivity contribution in [2.75, 3.05) is 0 Å². The van der Waals surface area contributed by atoms with Gasteiger partial charge in [-0.15, -0.1) is 0 Å². The van der Waals surface area contributed by atoms with Crippen LogP contribution in [0.3, 0.4) is 0 Å². The number of hydrogen-bond donors (Lipinski definition) is 1. The Kier molecular flexibility index (Phi) is 5.19. The smallest absolute Gasteiger partial charge is 0.206 e. The van der Waals surface area contributed by atoms with Crippen molar-refractivity contribution >= 4 is 16.9 Å². The number of rotatable bonds is 5. The second-order valence-electron chi connectivity index (χ2n) is 4.39. The summed E-state index contributed by atoms with van der Waals surface area (Å²) in [6.45, 7) is 0. The first kappa shape index (κ1) is 13.8. The summed E-state index contributed by atoms with van der Waals surface area (Å²) in [5.41, 5.74) is 8.19. The maximum atomic E-state index is 12.0. The van der Waals surface area contributed by atoms with Gasteiger partial charge in [0.1, 0.15) is 0 Å². The van der Waals surface area contributed by atoms with E-state index in [9.17, 15) is 4.79 Å². The summed E-state index contributed by atoms with van der Waals surface area (Å²) < 4.78 is 0. The average Bonchev–Trinajstić information content (AvgIpc) is 2.47. The normalized spacial score (nSPS) is 12.1. The lowest BCUT2D eigenvalue weighted by atomic mass is 10.1. The Bertz CT molecular complexity index is 513. The fourth-order valence-corrected chi connectivity index (χ4v) is 2.59. The van der Waals surface area contributed by atoms with E-state index in [1.165, 1.54) is 11.8 Å². The quantitative estimate of drug-likeness (QED) is 0.909. The Morgan fingerprint density at radius 1 is 0.947 bits per heavy atom. The zero-order chi connectivity index (χ0) is 13.5. The summed E-state index contributed by atoms with van der Waals surface area (Å²) in [6.07, 6.45) is 0.599. The van der Waals surface area contributed by atoms with Crippen molar-refractivity contribution in [1.82, 2.24) is 0 Å². The molecule has 2 rings (SSSR count). The molecular formula is C16H17NOS. The molecule has 0 aromatic heterocycles. The summed E-state index contributed by atoms with van der Waals surface area (Å²) in [6, 6.07) is 19.4. The molecule has 19 heavy (non-hydrogen) atoms. The molecule has 0 bridgehead atoms. The lowest BCUT2D eigenvalue weighted by Crippen LogP contribution is -2.30. The minimum absolute atomic E-state index is 0.0488. The highest BCUT2D eigenvalue weighted by atomic mass is 32.2. The van der Waals surface area contributed by atoms with E-state index >= 15 is 0 Å². The van der Waals surface area contributed by atoms with Crippen LogP contribution < -0.4 is 5.73 Å². The van der Waals surface area contributed by atoms with Crippen LogP contribution in [0.25, 0.3) is 0 Å². The van der Waals surface area contributed by atoms with E-state index in [2.05, 4.69) is 0 Å². The zero-order valence-electron chi connectivity index (χ0n) is 10.7. The van der Waals surface area contributed by atoms with Gasteiger partial charge in [-0.25, -0.2) is 0 Å². The highest BCUT2D eigenvalue weighted by molar-refractivity contribution is 8.13. The first-order valence-electron chi connectivity index (χ1n) is 6.26. The van der Waals surface area contributed by atoms with Gasteiger partial charge in [0.2, 0.25) is 5.12 Å². The minimum Gasteiger partial charge on any atom is -0.320 e. The van der Waals surface area contributed by atoms with E-state index in [-0.39, 0.29) is 5.12 Å². The first-order valence-corrected chi connectivity index (χ1v) is 7.24. The average molecular weight is 271 g/mol. The van der Waals surface area contributed by atoms with Crippen LogP contribution in [0.5, 0.6) is 0 Å². The van der Waals surface area contributed by atoms with Crippen molar-refractivity contribution in [2.24, 2.45) is 5.73 Å². The molecule has 2 N–H and O–H groups in total. The third kappa shape index (κ3) is 4.54. The molecule has 2 nitrogen and oxygen atoms in total. The minimum atomic E-state index is -0.434. The van der Waals surface area contributed by atoms with Crippen LogP contribution in [0.2, 0.25) is 0 Å². The van der Waals surface area contributed by atoms with Gasteiger partial charge in [-0.2, -0.15) is 0 Å². The summed E-state index contributed by atoms with van der Waals surface area (Å²) in [5, 5.41) is 0.0488. The van der Waals surface area contributed by atoms with Crippen LogP contribution >= 0.6 is 11.8 Å². The first-order chi connectivity index (χ1) is 9.25. The molecule has 0 aliphatic carbocycles. The third-order valence-electron chi connectivity index (χ3n) is 2.83. The van der Waals surface area contributed by atoms with E-state index in [0.717, 1.165) is 11.1 Å². The van der Waals surface area contributed by atoms with Crippen molar-refractivity contribution < 1.29 is 4.79 Å². The summed E-state index contributed by atoms with van der Waals surface area (Å²) >= 11 is 1.29. The van der Waals surface area contributed by atoms with Gasteiger partial charge in [0.15, 0.2) is 0 Å². The molecule has 98 valence electrons. The molecule has 1 unspecified atom stereocenters. The Labute approximate surface area is 118 Å². The van der Waals surface area contributed by atoms with Gasteiger partial charge in [-0.1, -0.05) is 72.4 Å². The molecule has 0 amide bonds. The molecule has 3 heteroatoms. The Morgan fingerprint density at radius 3 is 2.05 bits per heavy atom. The van der Waals surface area contributed by atoms with Gasteiger partial charge in [0.05, 0.1) is 6.04 Å². The Morgan fingerprint density at radius 2 is 1.47 bits per heavy atom. The Balaban J connectivity index is 1.83. The van der Waals surface area contributed by atoms with Crippen molar-refractivity contribution in [3.05, 3.63) is 71.8 Å². The molecule has 0 aliphatic rings. The van der Waals surface area contributed by atoms with Gasteiger partial charge in [-0.05, 0) is 17.5 Å². The SMILES string of the molecule is NC(Cc1ccccc1)C(=O)SCc1ccccc1. The summed E-state index contributed by atoms with van der Waals surface area (Å²) in [4.78, 5) is 12.0. The van der Waals surface area contributed by atoms with Crippen molar-refractivity contribution in [1.29, 1.82) is 0 Å². The number of benzene rings is 2. The fourth-order valence-electron chi connectivity index (χ4n) is 1.79. The van der Waals surface area contributed by atoms with Crippen LogP contribution in [0.4, 0.5) is 0 Å². The summed E-state index contributed by atoms with van der Waals surface area (Å²) in [7, 11) is 0.